The van der Waals surface area contributed by atoms with Crippen molar-refractivity contribution in [2.45, 2.75) is 100 Å². The van der Waals surface area contributed by atoms with Gasteiger partial charge in [0.25, 0.3) is 0 Å². The fraction of sp³-hybridized carbons (Fsp3) is 0.955. The van der Waals surface area contributed by atoms with Crippen LogP contribution >= 0.6 is 0 Å². The summed E-state index contributed by atoms with van der Waals surface area (Å²) in [5.41, 5.74) is -1.32. The van der Waals surface area contributed by atoms with Crippen LogP contribution in [0.5, 0.6) is 0 Å². The third-order valence-electron chi connectivity index (χ3n) is 7.74. The van der Waals surface area contributed by atoms with Gasteiger partial charge in [-0.3, -0.25) is 4.79 Å². The lowest BCUT2D eigenvalue weighted by molar-refractivity contribution is -0.207. The van der Waals surface area contributed by atoms with E-state index in [0.29, 0.717) is 11.8 Å². The Morgan fingerprint density at radius 2 is 1.64 bits per heavy atom. The molecule has 0 amide bonds. The zero-order valence-corrected chi connectivity index (χ0v) is 18.9. The van der Waals surface area contributed by atoms with Gasteiger partial charge in [0.05, 0.1) is 0 Å². The summed E-state index contributed by atoms with van der Waals surface area (Å²) >= 11 is 0. The number of carbonyl (C=O) groups is 1. The van der Waals surface area contributed by atoms with Crippen LogP contribution in [0.3, 0.4) is 0 Å². The lowest BCUT2D eigenvalue weighted by Gasteiger charge is -2.54. The molecule has 0 radical (unpaired) electrons. The van der Waals surface area contributed by atoms with Gasteiger partial charge in [-0.15, -0.1) is 0 Å². The molecule has 25 heavy (non-hydrogen) atoms. The lowest BCUT2D eigenvalue weighted by Crippen LogP contribution is -2.61. The Morgan fingerprint density at radius 1 is 1.16 bits per heavy atom. The highest BCUT2D eigenvalue weighted by Gasteiger charge is 2.68. The number of hydrogen-bond donors (Lipinski definition) is 1. The van der Waals surface area contributed by atoms with Crippen molar-refractivity contribution in [3.63, 3.8) is 0 Å². The molecule has 0 aliphatic heterocycles. The van der Waals surface area contributed by atoms with E-state index >= 15 is 0 Å². The van der Waals surface area contributed by atoms with Gasteiger partial charge in [-0.2, -0.15) is 0 Å². The number of esters is 1. The standard InChI is InChI=1S/C22H43NO2/c1-15(2)13-21(11,23-12)17(24)25-22(18(4,5)6)14-16(3)19(7,8)20(22,9)10/h15-16,23H,13-14H2,1-12H3. The Balaban J connectivity index is 3.39. The van der Waals surface area contributed by atoms with Crippen molar-refractivity contribution in [3.05, 3.63) is 0 Å². The second kappa shape index (κ2) is 6.55. The second-order valence-corrected chi connectivity index (χ2v) is 11.1. The first-order chi connectivity index (χ1) is 11.0. The average Bonchev–Trinajstić information content (AvgIpc) is 2.55. The Labute approximate surface area is 156 Å². The third kappa shape index (κ3) is 3.38. The molecule has 1 saturated carbocycles. The van der Waals surface area contributed by atoms with E-state index in [0.717, 1.165) is 12.8 Å². The summed E-state index contributed by atoms with van der Waals surface area (Å²) in [6.07, 6.45) is 1.67. The van der Waals surface area contributed by atoms with Crippen LogP contribution < -0.4 is 5.32 Å². The summed E-state index contributed by atoms with van der Waals surface area (Å²) in [6, 6.07) is 0. The maximum Gasteiger partial charge on any atom is 0.326 e. The van der Waals surface area contributed by atoms with Gasteiger partial charge in [-0.25, -0.2) is 0 Å². The largest absolute Gasteiger partial charge is 0.457 e. The summed E-state index contributed by atoms with van der Waals surface area (Å²) in [5, 5.41) is 3.24. The highest BCUT2D eigenvalue weighted by molar-refractivity contribution is 5.81. The van der Waals surface area contributed by atoms with Crippen LogP contribution in [0.2, 0.25) is 0 Å². The number of ether oxygens (including phenoxy) is 1. The fourth-order valence-corrected chi connectivity index (χ4v) is 5.02. The molecule has 0 heterocycles. The predicted molar refractivity (Wildman–Crippen MR) is 107 cm³/mol. The maximum absolute atomic E-state index is 13.4. The number of carbonyl (C=O) groups excluding carboxylic acids is 1. The van der Waals surface area contributed by atoms with Crippen molar-refractivity contribution < 1.29 is 9.53 Å². The van der Waals surface area contributed by atoms with Crippen LogP contribution in [0.4, 0.5) is 0 Å². The van der Waals surface area contributed by atoms with E-state index < -0.39 is 11.1 Å². The minimum Gasteiger partial charge on any atom is -0.457 e. The molecule has 3 heteroatoms. The molecule has 3 unspecified atom stereocenters. The molecule has 1 aliphatic rings. The minimum absolute atomic E-state index is 0.0919. The molecule has 1 N–H and O–H groups in total. The summed E-state index contributed by atoms with van der Waals surface area (Å²) in [5.74, 6) is 0.791. The number of hydrogen-bond acceptors (Lipinski definition) is 3. The Morgan fingerprint density at radius 3 is 1.92 bits per heavy atom. The molecule has 1 aliphatic carbocycles. The summed E-state index contributed by atoms with van der Waals surface area (Å²) in [7, 11) is 1.86. The maximum atomic E-state index is 13.4. The molecule has 1 fully saturated rings. The van der Waals surface area contributed by atoms with E-state index in [-0.39, 0.29) is 22.2 Å². The van der Waals surface area contributed by atoms with Gasteiger partial charge in [-0.05, 0) is 44.1 Å². The molecule has 1 rings (SSSR count). The molecule has 0 spiro atoms. The summed E-state index contributed by atoms with van der Waals surface area (Å²) in [4.78, 5) is 13.4. The van der Waals surface area contributed by atoms with Crippen LogP contribution in [-0.2, 0) is 9.53 Å². The van der Waals surface area contributed by atoms with Crippen molar-refractivity contribution in [1.82, 2.24) is 5.32 Å². The molecule has 148 valence electrons. The van der Waals surface area contributed by atoms with Crippen molar-refractivity contribution >= 4 is 5.97 Å². The number of likely N-dealkylation sites (N-methyl/N-ethyl adjacent to an activating group) is 1. The molecular formula is C22H43NO2. The van der Waals surface area contributed by atoms with E-state index in [4.69, 9.17) is 4.74 Å². The van der Waals surface area contributed by atoms with Gasteiger partial charge in [0.2, 0.25) is 0 Å². The van der Waals surface area contributed by atoms with Crippen LogP contribution in [-0.4, -0.2) is 24.2 Å². The second-order valence-electron chi connectivity index (χ2n) is 11.1. The van der Waals surface area contributed by atoms with Crippen molar-refractivity contribution in [2.24, 2.45) is 28.1 Å². The number of rotatable bonds is 5. The van der Waals surface area contributed by atoms with E-state index in [2.05, 4.69) is 74.6 Å². The first-order valence-electron chi connectivity index (χ1n) is 9.91. The van der Waals surface area contributed by atoms with Crippen molar-refractivity contribution in [3.8, 4) is 0 Å². The smallest absolute Gasteiger partial charge is 0.326 e. The first kappa shape index (κ1) is 22.5. The summed E-state index contributed by atoms with van der Waals surface area (Å²) in [6.45, 7) is 24.4. The summed E-state index contributed by atoms with van der Waals surface area (Å²) < 4.78 is 6.54. The van der Waals surface area contributed by atoms with Crippen LogP contribution in [0.15, 0.2) is 0 Å². The zero-order chi connectivity index (χ0) is 20.1. The Bertz CT molecular complexity index is 501. The minimum atomic E-state index is -0.654. The molecule has 0 aromatic rings. The average molecular weight is 354 g/mol. The quantitative estimate of drug-likeness (QED) is 0.670. The van der Waals surface area contributed by atoms with E-state index in [9.17, 15) is 4.79 Å². The molecular weight excluding hydrogens is 310 g/mol. The van der Waals surface area contributed by atoms with Gasteiger partial charge < -0.3 is 10.1 Å². The van der Waals surface area contributed by atoms with E-state index in [1.54, 1.807) is 0 Å². The van der Waals surface area contributed by atoms with Gasteiger partial charge in [0.15, 0.2) is 0 Å². The molecule has 0 aromatic heterocycles. The lowest BCUT2D eigenvalue weighted by atomic mass is 9.57. The molecule has 0 bridgehead atoms. The van der Waals surface area contributed by atoms with Gasteiger partial charge in [-0.1, -0.05) is 69.2 Å². The molecule has 3 nitrogen and oxygen atoms in total. The monoisotopic (exact) mass is 353 g/mol. The van der Waals surface area contributed by atoms with Crippen LogP contribution in [0, 0.1) is 28.1 Å². The van der Waals surface area contributed by atoms with E-state index in [1.807, 2.05) is 14.0 Å². The van der Waals surface area contributed by atoms with Crippen LogP contribution in [0.1, 0.15) is 89.0 Å². The molecule has 0 saturated heterocycles. The predicted octanol–water partition coefficient (Wildman–Crippen LogP) is 5.43. The first-order valence-corrected chi connectivity index (χ1v) is 9.91. The fourth-order valence-electron chi connectivity index (χ4n) is 5.02. The van der Waals surface area contributed by atoms with E-state index in [1.165, 1.54) is 0 Å². The highest BCUT2D eigenvalue weighted by Crippen LogP contribution is 2.67. The highest BCUT2D eigenvalue weighted by atomic mass is 16.6. The zero-order valence-electron chi connectivity index (χ0n) is 18.9. The van der Waals surface area contributed by atoms with Crippen LogP contribution in [0.25, 0.3) is 0 Å². The topological polar surface area (TPSA) is 38.3 Å². The number of nitrogens with one attached hydrogen (secondary N) is 1. The van der Waals surface area contributed by atoms with Gasteiger partial charge in [0, 0.05) is 10.8 Å². The van der Waals surface area contributed by atoms with Gasteiger partial charge >= 0.3 is 5.97 Å². The molecule has 0 aromatic carbocycles. The van der Waals surface area contributed by atoms with Crippen molar-refractivity contribution in [2.75, 3.05) is 7.05 Å². The normalized spacial score (nSPS) is 31.0. The SMILES string of the molecule is CNC(C)(CC(C)C)C(=O)OC1(C(C)(C)C)CC(C)C(C)(C)C1(C)C. The van der Waals surface area contributed by atoms with Gasteiger partial charge in [0.1, 0.15) is 11.1 Å². The third-order valence-corrected chi connectivity index (χ3v) is 7.74. The molecule has 3 atom stereocenters. The van der Waals surface area contributed by atoms with Crippen molar-refractivity contribution in [1.29, 1.82) is 0 Å². The Kier molecular flexibility index (Phi) is 5.89. The Hall–Kier alpha value is -0.570.